The second-order valence-corrected chi connectivity index (χ2v) is 11.4. The van der Waals surface area contributed by atoms with Gasteiger partial charge in [0.1, 0.15) is 11.6 Å². The van der Waals surface area contributed by atoms with Crippen molar-refractivity contribution in [1.29, 1.82) is 0 Å². The standard InChI is InChI=1S/C29H25F6N5O6S/c1-3-15-8-17(11-22-14(2)13-45-24(15)22)23(26(41)40-47(37,43)44)38-21-6-4-16(5-7-21)25(36)39-46-27(42)18-9-19(28(30,31)32)12-20(10-18)29(33,34)35/h4-13,23,38H,3H2,1-2H3,(H2,36,39)(H,40,41)(H2,37,43,44)/t23-/m1/s1. The Labute approximate surface area is 262 Å². The summed E-state index contributed by atoms with van der Waals surface area (Å²) >= 11 is 0. The topological polar surface area (TPSA) is 179 Å². The van der Waals surface area contributed by atoms with Gasteiger partial charge in [-0.3, -0.25) is 4.79 Å². The molecule has 0 saturated heterocycles. The fourth-order valence-corrected chi connectivity index (χ4v) is 4.86. The molecule has 1 heterocycles. The summed E-state index contributed by atoms with van der Waals surface area (Å²) in [7, 11) is -4.44. The first kappa shape index (κ1) is 34.8. The van der Waals surface area contributed by atoms with Gasteiger partial charge in [-0.15, -0.1) is 0 Å². The number of fused-ring (bicyclic) bond motifs is 1. The molecule has 0 saturated carbocycles. The van der Waals surface area contributed by atoms with E-state index < -0.39 is 63.0 Å². The Bertz CT molecular complexity index is 1940. The molecule has 0 fully saturated rings. The van der Waals surface area contributed by atoms with Gasteiger partial charge in [0.2, 0.25) is 0 Å². The number of anilines is 1. The quantitative estimate of drug-likeness (QED) is 0.0603. The number of nitrogens with two attached hydrogens (primary N) is 2. The lowest BCUT2D eigenvalue weighted by Crippen LogP contribution is -2.41. The number of aryl methyl sites for hydroxylation is 2. The number of hydrogen-bond acceptors (Lipinski definition) is 8. The largest absolute Gasteiger partial charge is 0.464 e. The summed E-state index contributed by atoms with van der Waals surface area (Å²) in [6.45, 7) is 3.66. The lowest BCUT2D eigenvalue weighted by atomic mass is 9.98. The number of rotatable bonds is 9. The molecular formula is C29H25F6N5O6S. The van der Waals surface area contributed by atoms with Crippen molar-refractivity contribution < 1.29 is 53.6 Å². The molecule has 0 unspecified atom stereocenters. The summed E-state index contributed by atoms with van der Waals surface area (Å²) in [5.41, 5.74) is 4.15. The number of carbonyl (C=O) groups is 2. The minimum Gasteiger partial charge on any atom is -0.464 e. The third kappa shape index (κ3) is 8.39. The van der Waals surface area contributed by atoms with E-state index >= 15 is 0 Å². The summed E-state index contributed by atoms with van der Waals surface area (Å²) in [4.78, 5) is 29.9. The van der Waals surface area contributed by atoms with Gasteiger partial charge in [-0.1, -0.05) is 12.1 Å². The first-order valence-electron chi connectivity index (χ1n) is 13.3. The Balaban J connectivity index is 1.58. The van der Waals surface area contributed by atoms with Crippen molar-refractivity contribution in [2.24, 2.45) is 16.0 Å². The number of benzene rings is 3. The summed E-state index contributed by atoms with van der Waals surface area (Å²) in [5.74, 6) is -3.12. The molecule has 4 rings (SSSR count). The van der Waals surface area contributed by atoms with Crippen molar-refractivity contribution in [1.82, 2.24) is 4.72 Å². The summed E-state index contributed by atoms with van der Waals surface area (Å²) in [5, 5.41) is 12.0. The maximum atomic E-state index is 13.1. The van der Waals surface area contributed by atoms with E-state index in [0.29, 0.717) is 23.0 Å². The molecule has 1 aromatic heterocycles. The van der Waals surface area contributed by atoms with Gasteiger partial charge in [0.05, 0.1) is 23.0 Å². The number of nitrogens with zero attached hydrogens (tertiary/aromatic N) is 1. The Morgan fingerprint density at radius 3 is 2.09 bits per heavy atom. The van der Waals surface area contributed by atoms with E-state index in [-0.39, 0.29) is 29.4 Å². The van der Waals surface area contributed by atoms with Gasteiger partial charge in [-0.05, 0) is 84.6 Å². The highest BCUT2D eigenvalue weighted by molar-refractivity contribution is 7.87. The van der Waals surface area contributed by atoms with Gasteiger partial charge < -0.3 is 20.3 Å². The molecule has 4 aromatic rings. The molecule has 0 aliphatic heterocycles. The lowest BCUT2D eigenvalue weighted by Gasteiger charge is -2.20. The van der Waals surface area contributed by atoms with Gasteiger partial charge in [0.25, 0.3) is 16.1 Å². The van der Waals surface area contributed by atoms with Crippen LogP contribution < -0.4 is 20.9 Å². The Kier molecular flexibility index (Phi) is 9.58. The number of carbonyl (C=O) groups excluding carboxylic acids is 2. The van der Waals surface area contributed by atoms with Crippen molar-refractivity contribution in [3.8, 4) is 0 Å². The van der Waals surface area contributed by atoms with E-state index in [1.54, 1.807) is 30.0 Å². The fourth-order valence-electron chi connectivity index (χ4n) is 4.46. The zero-order valence-corrected chi connectivity index (χ0v) is 25.1. The van der Waals surface area contributed by atoms with Gasteiger partial charge in [-0.25, -0.2) is 14.7 Å². The first-order chi connectivity index (χ1) is 21.8. The molecule has 0 radical (unpaired) electrons. The Morgan fingerprint density at radius 2 is 1.55 bits per heavy atom. The van der Waals surface area contributed by atoms with Crippen molar-refractivity contribution in [3.05, 3.63) is 99.8 Å². The molecular weight excluding hydrogens is 660 g/mol. The number of amides is 1. The molecule has 250 valence electrons. The molecule has 47 heavy (non-hydrogen) atoms. The van der Waals surface area contributed by atoms with E-state index in [9.17, 15) is 44.3 Å². The number of hydrogen-bond donors (Lipinski definition) is 4. The average Bonchev–Trinajstić information content (AvgIpc) is 3.36. The number of alkyl halides is 6. The van der Waals surface area contributed by atoms with Crippen LogP contribution in [0.3, 0.4) is 0 Å². The zero-order chi connectivity index (χ0) is 34.9. The van der Waals surface area contributed by atoms with E-state index in [1.807, 2.05) is 6.92 Å². The van der Waals surface area contributed by atoms with Crippen LogP contribution in [0.1, 0.15) is 56.7 Å². The molecule has 6 N–H and O–H groups in total. The van der Waals surface area contributed by atoms with Crippen LogP contribution in [0, 0.1) is 6.92 Å². The third-order valence-corrected chi connectivity index (χ3v) is 7.21. The molecule has 1 amide bonds. The second kappa shape index (κ2) is 13.0. The van der Waals surface area contributed by atoms with Crippen molar-refractivity contribution in [3.63, 3.8) is 0 Å². The van der Waals surface area contributed by atoms with Crippen LogP contribution in [0.15, 0.2) is 70.4 Å². The maximum absolute atomic E-state index is 13.1. The molecule has 0 bridgehead atoms. The van der Waals surface area contributed by atoms with Crippen LogP contribution in [0.2, 0.25) is 0 Å². The molecule has 11 nitrogen and oxygen atoms in total. The van der Waals surface area contributed by atoms with E-state index in [4.69, 9.17) is 15.3 Å². The number of halogens is 6. The molecule has 3 aromatic carbocycles. The van der Waals surface area contributed by atoms with E-state index in [0.717, 1.165) is 11.1 Å². The summed E-state index contributed by atoms with van der Waals surface area (Å²) < 4.78 is 109. The van der Waals surface area contributed by atoms with Gasteiger partial charge in [-0.2, -0.15) is 34.8 Å². The SMILES string of the molecule is CCc1cc([C@@H](Nc2ccc(/C(N)=N/OC(=O)c3cc(C(F)(F)F)cc(C(F)(F)F)c3)cc2)C(=O)NS(N)(=O)=O)cc2c(C)coc12. The Hall–Kier alpha value is -5.10. The monoisotopic (exact) mass is 685 g/mol. The van der Waals surface area contributed by atoms with Crippen molar-refractivity contribution >= 4 is 44.6 Å². The van der Waals surface area contributed by atoms with Gasteiger partial charge >= 0.3 is 18.3 Å². The summed E-state index contributed by atoms with van der Waals surface area (Å²) in [6.07, 6.45) is -8.30. The highest BCUT2D eigenvalue weighted by Gasteiger charge is 2.38. The first-order valence-corrected chi connectivity index (χ1v) is 14.9. The molecule has 0 aliphatic carbocycles. The molecule has 0 aliphatic rings. The molecule has 0 spiro atoms. The van der Waals surface area contributed by atoms with Crippen LogP contribution in [-0.2, 0) is 38.6 Å². The predicted octanol–water partition coefficient (Wildman–Crippen LogP) is 5.29. The molecule has 18 heteroatoms. The average molecular weight is 686 g/mol. The van der Waals surface area contributed by atoms with E-state index in [1.165, 1.54) is 24.3 Å². The third-order valence-electron chi connectivity index (χ3n) is 6.73. The number of oxime groups is 1. The minimum absolute atomic E-state index is 0.0950. The minimum atomic E-state index is -5.18. The number of amidine groups is 1. The molecule has 1 atom stereocenters. The maximum Gasteiger partial charge on any atom is 0.416 e. The van der Waals surface area contributed by atoms with Crippen LogP contribution in [0.25, 0.3) is 11.0 Å². The second-order valence-electron chi connectivity index (χ2n) is 10.1. The number of nitrogens with one attached hydrogen (secondary N) is 2. The smallest absolute Gasteiger partial charge is 0.416 e. The fraction of sp³-hybridized carbons (Fsp3) is 0.207. The zero-order valence-electron chi connectivity index (χ0n) is 24.3. The highest BCUT2D eigenvalue weighted by Crippen LogP contribution is 2.36. The van der Waals surface area contributed by atoms with Crippen LogP contribution in [0.4, 0.5) is 32.0 Å². The van der Waals surface area contributed by atoms with Gasteiger partial charge in [0.15, 0.2) is 5.84 Å². The van der Waals surface area contributed by atoms with Crippen LogP contribution >= 0.6 is 0 Å². The van der Waals surface area contributed by atoms with Crippen molar-refractivity contribution in [2.45, 2.75) is 38.7 Å². The van der Waals surface area contributed by atoms with Crippen molar-refractivity contribution in [2.75, 3.05) is 5.32 Å². The van der Waals surface area contributed by atoms with Gasteiger partial charge in [0, 0.05) is 16.6 Å². The lowest BCUT2D eigenvalue weighted by molar-refractivity contribution is -0.143. The predicted molar refractivity (Wildman–Crippen MR) is 157 cm³/mol. The van der Waals surface area contributed by atoms with E-state index in [2.05, 4.69) is 15.3 Å². The van der Waals surface area contributed by atoms with Crippen LogP contribution in [-0.4, -0.2) is 26.1 Å². The highest BCUT2D eigenvalue weighted by atomic mass is 32.2. The number of furan rings is 1. The summed E-state index contributed by atoms with van der Waals surface area (Å²) in [6, 6.07) is 7.69. The normalized spacial score (nSPS) is 13.3. The van der Waals surface area contributed by atoms with Crippen LogP contribution in [0.5, 0.6) is 0 Å². The Morgan fingerprint density at radius 1 is 0.957 bits per heavy atom.